The third-order valence-electron chi connectivity index (χ3n) is 3.81. The van der Waals surface area contributed by atoms with Crippen LogP contribution in [-0.2, 0) is 4.79 Å². The summed E-state index contributed by atoms with van der Waals surface area (Å²) in [6.45, 7) is 5.64. The summed E-state index contributed by atoms with van der Waals surface area (Å²) < 4.78 is 2.04. The lowest BCUT2D eigenvalue weighted by molar-refractivity contribution is -0.113. The lowest BCUT2D eigenvalue weighted by Gasteiger charge is -2.13. The van der Waals surface area contributed by atoms with Gasteiger partial charge in [-0.3, -0.25) is 14.2 Å². The van der Waals surface area contributed by atoms with Crippen molar-refractivity contribution in [3.63, 3.8) is 0 Å². The van der Waals surface area contributed by atoms with Gasteiger partial charge in [-0.2, -0.15) is 0 Å². The Morgan fingerprint density at radius 1 is 1.22 bits per heavy atom. The maximum Gasteiger partial charge on any atom is 0.234 e. The monoisotopic (exact) mass is 400 g/mol. The summed E-state index contributed by atoms with van der Waals surface area (Å²) in [5.74, 6) is 0.833. The van der Waals surface area contributed by atoms with Crippen molar-refractivity contribution in [2.75, 3.05) is 11.1 Å². The zero-order valence-electron chi connectivity index (χ0n) is 15.3. The van der Waals surface area contributed by atoms with Crippen molar-refractivity contribution in [3.8, 4) is 10.7 Å². The number of thiophene rings is 1. The van der Waals surface area contributed by atoms with Crippen LogP contribution in [0.25, 0.3) is 10.7 Å². The molecule has 1 amide bonds. The molecule has 0 bridgehead atoms. The number of carbonyl (C=O) groups is 2. The van der Waals surface area contributed by atoms with Crippen LogP contribution < -0.4 is 5.32 Å². The summed E-state index contributed by atoms with van der Waals surface area (Å²) in [6, 6.07) is 11.1. The van der Waals surface area contributed by atoms with Gasteiger partial charge in [0.1, 0.15) is 0 Å². The molecule has 0 aliphatic rings. The van der Waals surface area contributed by atoms with Gasteiger partial charge in [0.2, 0.25) is 5.91 Å². The van der Waals surface area contributed by atoms with E-state index in [1.165, 1.54) is 18.7 Å². The van der Waals surface area contributed by atoms with Gasteiger partial charge in [-0.05, 0) is 44.4 Å². The number of carbonyl (C=O) groups excluding carboxylic acids is 2. The minimum absolute atomic E-state index is 0.0355. The van der Waals surface area contributed by atoms with Crippen LogP contribution >= 0.6 is 23.1 Å². The number of hydrogen-bond acceptors (Lipinski definition) is 6. The first-order valence-corrected chi connectivity index (χ1v) is 10.3. The first kappa shape index (κ1) is 19.3. The standard InChI is InChI=1S/C19H20N4O2S2/c1-12(2)23-18(16-8-5-9-26-16)21-22-19(23)27-11-17(25)20-15-7-4-6-14(10-15)13(3)24/h4-10,12H,11H2,1-3H3,(H,20,25). The van der Waals surface area contributed by atoms with Gasteiger partial charge in [0.05, 0.1) is 10.6 Å². The Morgan fingerprint density at radius 2 is 2.04 bits per heavy atom. The summed E-state index contributed by atoms with van der Waals surface area (Å²) in [5.41, 5.74) is 1.18. The normalized spacial score (nSPS) is 11.0. The summed E-state index contributed by atoms with van der Waals surface area (Å²) >= 11 is 2.96. The first-order valence-electron chi connectivity index (χ1n) is 8.48. The number of ketones is 1. The molecule has 3 rings (SSSR count). The number of nitrogens with one attached hydrogen (secondary N) is 1. The molecule has 1 aromatic carbocycles. The zero-order valence-corrected chi connectivity index (χ0v) is 16.9. The predicted octanol–water partition coefficient (Wildman–Crippen LogP) is 4.52. The van der Waals surface area contributed by atoms with E-state index < -0.39 is 0 Å². The van der Waals surface area contributed by atoms with Crippen molar-refractivity contribution in [1.82, 2.24) is 14.8 Å². The third-order valence-corrected chi connectivity index (χ3v) is 5.62. The maximum atomic E-state index is 12.3. The van der Waals surface area contributed by atoms with E-state index >= 15 is 0 Å². The van der Waals surface area contributed by atoms with Crippen molar-refractivity contribution in [2.45, 2.75) is 32.0 Å². The predicted molar refractivity (Wildman–Crippen MR) is 110 cm³/mol. The Morgan fingerprint density at radius 3 is 2.70 bits per heavy atom. The highest BCUT2D eigenvalue weighted by atomic mass is 32.2. The Balaban J connectivity index is 1.69. The second-order valence-electron chi connectivity index (χ2n) is 6.22. The Kier molecular flexibility index (Phi) is 6.08. The SMILES string of the molecule is CC(=O)c1cccc(NC(=O)CSc2nnc(-c3cccs3)n2C(C)C)c1. The van der Waals surface area contributed by atoms with Crippen molar-refractivity contribution >= 4 is 40.5 Å². The molecule has 140 valence electrons. The highest BCUT2D eigenvalue weighted by molar-refractivity contribution is 7.99. The van der Waals surface area contributed by atoms with Gasteiger partial charge in [-0.15, -0.1) is 21.5 Å². The molecule has 0 saturated carbocycles. The fourth-order valence-electron chi connectivity index (χ4n) is 2.56. The van der Waals surface area contributed by atoms with Crippen LogP contribution in [0, 0.1) is 0 Å². The summed E-state index contributed by atoms with van der Waals surface area (Å²) in [6.07, 6.45) is 0. The molecule has 0 unspecified atom stereocenters. The van der Waals surface area contributed by atoms with E-state index in [1.54, 1.807) is 35.6 Å². The summed E-state index contributed by atoms with van der Waals surface area (Å²) in [4.78, 5) is 24.8. The molecule has 0 saturated heterocycles. The van der Waals surface area contributed by atoms with E-state index in [9.17, 15) is 9.59 Å². The van der Waals surface area contributed by atoms with Gasteiger partial charge >= 0.3 is 0 Å². The van der Waals surface area contributed by atoms with Crippen LogP contribution in [0.1, 0.15) is 37.2 Å². The number of thioether (sulfide) groups is 1. The van der Waals surface area contributed by atoms with Gasteiger partial charge in [0, 0.05) is 17.3 Å². The van der Waals surface area contributed by atoms with E-state index in [1.807, 2.05) is 22.1 Å². The van der Waals surface area contributed by atoms with Crippen molar-refractivity contribution in [2.24, 2.45) is 0 Å². The largest absolute Gasteiger partial charge is 0.325 e. The molecule has 0 radical (unpaired) electrons. The molecule has 2 aromatic heterocycles. The quantitative estimate of drug-likeness (QED) is 0.466. The molecule has 0 spiro atoms. The fraction of sp³-hybridized carbons (Fsp3) is 0.263. The Hall–Kier alpha value is -2.45. The number of anilines is 1. The Bertz CT molecular complexity index is 949. The van der Waals surface area contributed by atoms with Crippen LogP contribution in [0.5, 0.6) is 0 Å². The van der Waals surface area contributed by atoms with Gasteiger partial charge in [-0.1, -0.05) is 30.0 Å². The minimum Gasteiger partial charge on any atom is -0.325 e. The number of amides is 1. The number of nitrogens with zero attached hydrogens (tertiary/aromatic N) is 3. The average Bonchev–Trinajstić information content (AvgIpc) is 3.29. The molecule has 0 atom stereocenters. The van der Waals surface area contributed by atoms with Gasteiger partial charge in [0.15, 0.2) is 16.8 Å². The molecular formula is C19H20N4O2S2. The third kappa shape index (κ3) is 4.64. The lowest BCUT2D eigenvalue weighted by Crippen LogP contribution is -2.15. The molecule has 8 heteroatoms. The van der Waals surface area contributed by atoms with E-state index in [0.717, 1.165) is 10.7 Å². The van der Waals surface area contributed by atoms with Crippen LogP contribution in [-0.4, -0.2) is 32.2 Å². The average molecular weight is 401 g/mol. The number of hydrogen-bond donors (Lipinski definition) is 1. The van der Waals surface area contributed by atoms with E-state index in [-0.39, 0.29) is 23.5 Å². The molecule has 27 heavy (non-hydrogen) atoms. The summed E-state index contributed by atoms with van der Waals surface area (Å²) in [7, 11) is 0. The zero-order chi connectivity index (χ0) is 19.4. The molecular weight excluding hydrogens is 380 g/mol. The number of benzene rings is 1. The van der Waals surface area contributed by atoms with Crippen molar-refractivity contribution in [3.05, 3.63) is 47.3 Å². The van der Waals surface area contributed by atoms with Crippen molar-refractivity contribution < 1.29 is 9.59 Å². The molecule has 3 aromatic rings. The number of aromatic nitrogens is 3. The molecule has 0 aliphatic heterocycles. The number of Topliss-reactive ketones (excluding diaryl/α,β-unsaturated/α-hetero) is 1. The van der Waals surface area contributed by atoms with E-state index in [0.29, 0.717) is 16.4 Å². The summed E-state index contributed by atoms with van der Waals surface area (Å²) in [5, 5.41) is 14.1. The van der Waals surface area contributed by atoms with E-state index in [2.05, 4.69) is 29.4 Å². The highest BCUT2D eigenvalue weighted by Crippen LogP contribution is 2.30. The molecule has 1 N–H and O–H groups in total. The van der Waals surface area contributed by atoms with Crippen LogP contribution in [0.2, 0.25) is 0 Å². The molecule has 0 aliphatic carbocycles. The fourth-order valence-corrected chi connectivity index (χ4v) is 4.13. The minimum atomic E-state index is -0.156. The maximum absolute atomic E-state index is 12.3. The molecule has 0 fully saturated rings. The highest BCUT2D eigenvalue weighted by Gasteiger charge is 2.18. The number of rotatable bonds is 7. The molecule has 2 heterocycles. The van der Waals surface area contributed by atoms with E-state index in [4.69, 9.17) is 0 Å². The second kappa shape index (κ2) is 8.49. The Labute approximate surface area is 166 Å². The van der Waals surface area contributed by atoms with Crippen molar-refractivity contribution in [1.29, 1.82) is 0 Å². The van der Waals surface area contributed by atoms with Crippen LogP contribution in [0.15, 0.2) is 46.9 Å². The van der Waals surface area contributed by atoms with Gasteiger partial charge < -0.3 is 5.32 Å². The van der Waals surface area contributed by atoms with Gasteiger partial charge in [0.25, 0.3) is 0 Å². The molecule has 6 nitrogen and oxygen atoms in total. The second-order valence-corrected chi connectivity index (χ2v) is 8.11. The lowest BCUT2D eigenvalue weighted by atomic mass is 10.1. The smallest absolute Gasteiger partial charge is 0.234 e. The van der Waals surface area contributed by atoms with Crippen LogP contribution in [0.4, 0.5) is 5.69 Å². The van der Waals surface area contributed by atoms with Crippen LogP contribution in [0.3, 0.4) is 0 Å². The topological polar surface area (TPSA) is 76.9 Å². The van der Waals surface area contributed by atoms with Gasteiger partial charge in [-0.25, -0.2) is 0 Å². The first-order chi connectivity index (χ1) is 13.0.